The van der Waals surface area contributed by atoms with Crippen molar-refractivity contribution < 1.29 is 17.9 Å². The predicted molar refractivity (Wildman–Crippen MR) is 99.4 cm³/mol. The fraction of sp³-hybridized carbons (Fsp3) is 0.235. The molecule has 0 fully saturated rings. The van der Waals surface area contributed by atoms with Crippen molar-refractivity contribution in [3.05, 3.63) is 47.0 Å². The third-order valence-electron chi connectivity index (χ3n) is 3.48. The molecule has 0 unspecified atom stereocenters. The molecule has 2 aromatic rings. The Morgan fingerprint density at radius 1 is 1.20 bits per heavy atom. The molecule has 2 aromatic carbocycles. The first-order valence-electron chi connectivity index (χ1n) is 7.39. The average molecular weight is 383 g/mol. The van der Waals surface area contributed by atoms with Gasteiger partial charge < -0.3 is 15.4 Å². The minimum absolute atomic E-state index is 0.0600. The first-order chi connectivity index (χ1) is 11.7. The molecular formula is C17H19ClN2O4S. The zero-order chi connectivity index (χ0) is 18.6. The van der Waals surface area contributed by atoms with Crippen LogP contribution in [0.3, 0.4) is 0 Å². The smallest absolute Gasteiger partial charge is 0.243 e. The summed E-state index contributed by atoms with van der Waals surface area (Å²) in [6, 6.07) is 9.69. The van der Waals surface area contributed by atoms with Gasteiger partial charge in [0.05, 0.1) is 29.9 Å². The molecule has 0 saturated heterocycles. The minimum Gasteiger partial charge on any atom is -0.495 e. The van der Waals surface area contributed by atoms with Crippen LogP contribution in [0.2, 0.25) is 5.02 Å². The van der Waals surface area contributed by atoms with Gasteiger partial charge in [-0.25, -0.2) is 8.42 Å². The summed E-state index contributed by atoms with van der Waals surface area (Å²) >= 11 is 6.05. The van der Waals surface area contributed by atoms with Gasteiger partial charge in [-0.2, -0.15) is 0 Å². The highest BCUT2D eigenvalue weighted by Gasteiger charge is 2.15. The van der Waals surface area contributed by atoms with Crippen molar-refractivity contribution in [2.45, 2.75) is 11.8 Å². The van der Waals surface area contributed by atoms with E-state index < -0.39 is 9.84 Å². The summed E-state index contributed by atoms with van der Waals surface area (Å²) in [6.45, 7) is 1.78. The van der Waals surface area contributed by atoms with E-state index in [1.807, 2.05) is 6.92 Å². The number of benzene rings is 2. The van der Waals surface area contributed by atoms with E-state index in [4.69, 9.17) is 16.3 Å². The second-order valence-electron chi connectivity index (χ2n) is 5.47. The molecule has 1 amide bonds. The van der Waals surface area contributed by atoms with Crippen LogP contribution in [0.5, 0.6) is 5.75 Å². The molecule has 0 bridgehead atoms. The largest absolute Gasteiger partial charge is 0.495 e. The second-order valence-corrected chi connectivity index (χ2v) is 7.86. The maximum atomic E-state index is 12.2. The SMILES string of the molecule is COc1cc(Cl)c(C)cc1NCC(=O)Nc1ccccc1S(C)(=O)=O. The number of amides is 1. The lowest BCUT2D eigenvalue weighted by Gasteiger charge is -2.14. The molecule has 0 aliphatic rings. The topological polar surface area (TPSA) is 84.5 Å². The zero-order valence-corrected chi connectivity index (χ0v) is 15.7. The normalized spacial score (nSPS) is 11.0. The minimum atomic E-state index is -3.44. The van der Waals surface area contributed by atoms with E-state index in [0.717, 1.165) is 11.8 Å². The monoisotopic (exact) mass is 382 g/mol. The van der Waals surface area contributed by atoms with Crippen molar-refractivity contribution in [3.8, 4) is 5.75 Å². The van der Waals surface area contributed by atoms with E-state index in [-0.39, 0.29) is 23.0 Å². The fourth-order valence-electron chi connectivity index (χ4n) is 2.23. The molecule has 2 rings (SSSR count). The maximum Gasteiger partial charge on any atom is 0.243 e. The quantitative estimate of drug-likeness (QED) is 0.801. The number of carbonyl (C=O) groups is 1. The molecule has 8 heteroatoms. The maximum absolute atomic E-state index is 12.2. The molecule has 0 radical (unpaired) electrons. The summed E-state index contributed by atoms with van der Waals surface area (Å²) in [5, 5.41) is 6.13. The van der Waals surface area contributed by atoms with E-state index in [9.17, 15) is 13.2 Å². The second kappa shape index (κ2) is 7.76. The van der Waals surface area contributed by atoms with Crippen LogP contribution >= 0.6 is 11.6 Å². The molecule has 0 aliphatic heterocycles. The molecule has 0 aromatic heterocycles. The van der Waals surface area contributed by atoms with Crippen LogP contribution in [0.4, 0.5) is 11.4 Å². The van der Waals surface area contributed by atoms with Gasteiger partial charge in [-0.05, 0) is 30.7 Å². The van der Waals surface area contributed by atoms with Crippen molar-refractivity contribution in [1.29, 1.82) is 0 Å². The molecule has 0 heterocycles. The Bertz CT molecular complexity index is 898. The Labute approximate surface area is 152 Å². The number of aryl methyl sites for hydroxylation is 1. The van der Waals surface area contributed by atoms with Crippen LogP contribution in [0, 0.1) is 6.92 Å². The van der Waals surface area contributed by atoms with Gasteiger partial charge in [-0.15, -0.1) is 0 Å². The van der Waals surface area contributed by atoms with Crippen molar-refractivity contribution in [3.63, 3.8) is 0 Å². The lowest BCUT2D eigenvalue weighted by atomic mass is 10.2. The third kappa shape index (κ3) is 4.87. The molecule has 0 spiro atoms. The van der Waals surface area contributed by atoms with Crippen molar-refractivity contribution in [1.82, 2.24) is 0 Å². The summed E-state index contributed by atoms with van der Waals surface area (Å²) in [4.78, 5) is 12.3. The third-order valence-corrected chi connectivity index (χ3v) is 5.04. The predicted octanol–water partition coefficient (Wildman–Crippen LogP) is 3.11. The Morgan fingerprint density at radius 3 is 2.52 bits per heavy atom. The van der Waals surface area contributed by atoms with Crippen LogP contribution in [0.25, 0.3) is 0 Å². The standard InChI is InChI=1S/C17H19ClN2O4S/c1-11-8-14(15(24-2)9-12(11)18)19-10-17(21)20-13-6-4-5-7-16(13)25(3,22)23/h4-9,19H,10H2,1-3H3,(H,20,21). The highest BCUT2D eigenvalue weighted by molar-refractivity contribution is 7.90. The van der Waals surface area contributed by atoms with Gasteiger partial charge in [0.15, 0.2) is 9.84 Å². The lowest BCUT2D eigenvalue weighted by molar-refractivity contribution is -0.114. The van der Waals surface area contributed by atoms with E-state index in [1.165, 1.54) is 13.2 Å². The van der Waals surface area contributed by atoms with Crippen LogP contribution < -0.4 is 15.4 Å². The molecular weight excluding hydrogens is 364 g/mol. The van der Waals surface area contributed by atoms with Crippen LogP contribution in [-0.4, -0.2) is 34.2 Å². The number of halogens is 1. The number of rotatable bonds is 6. The highest BCUT2D eigenvalue weighted by atomic mass is 35.5. The van der Waals surface area contributed by atoms with Gasteiger partial charge in [0.1, 0.15) is 5.75 Å². The van der Waals surface area contributed by atoms with Gasteiger partial charge in [0.25, 0.3) is 0 Å². The molecule has 2 N–H and O–H groups in total. The number of nitrogens with one attached hydrogen (secondary N) is 2. The molecule has 134 valence electrons. The molecule has 25 heavy (non-hydrogen) atoms. The van der Waals surface area contributed by atoms with Crippen LogP contribution in [0.15, 0.2) is 41.3 Å². The number of anilines is 2. The number of hydrogen-bond acceptors (Lipinski definition) is 5. The average Bonchev–Trinajstić information content (AvgIpc) is 2.55. The Hall–Kier alpha value is -2.25. The van der Waals surface area contributed by atoms with Gasteiger partial charge in [0.2, 0.25) is 5.91 Å². The zero-order valence-electron chi connectivity index (χ0n) is 14.1. The first-order valence-corrected chi connectivity index (χ1v) is 9.66. The number of ether oxygens (including phenoxy) is 1. The number of para-hydroxylation sites is 1. The van der Waals surface area contributed by atoms with E-state index in [1.54, 1.807) is 30.3 Å². The van der Waals surface area contributed by atoms with Gasteiger partial charge in [0, 0.05) is 17.3 Å². The van der Waals surface area contributed by atoms with Gasteiger partial charge in [-0.3, -0.25) is 4.79 Å². The number of carbonyl (C=O) groups excluding carboxylic acids is 1. The van der Waals surface area contributed by atoms with Gasteiger partial charge in [-0.1, -0.05) is 23.7 Å². The first kappa shape index (κ1) is 19.1. The van der Waals surface area contributed by atoms with Crippen LogP contribution in [0.1, 0.15) is 5.56 Å². The van der Waals surface area contributed by atoms with E-state index in [0.29, 0.717) is 16.5 Å². The summed E-state index contributed by atoms with van der Waals surface area (Å²) in [6.07, 6.45) is 1.09. The van der Waals surface area contributed by atoms with Crippen molar-refractivity contribution in [2.24, 2.45) is 0 Å². The van der Waals surface area contributed by atoms with Gasteiger partial charge >= 0.3 is 0 Å². The van der Waals surface area contributed by atoms with Crippen molar-refractivity contribution >= 4 is 38.7 Å². The van der Waals surface area contributed by atoms with E-state index >= 15 is 0 Å². The molecule has 6 nitrogen and oxygen atoms in total. The highest BCUT2D eigenvalue weighted by Crippen LogP contribution is 2.30. The number of methoxy groups -OCH3 is 1. The summed E-state index contributed by atoms with van der Waals surface area (Å²) in [5.74, 6) is 0.130. The molecule has 0 aliphatic carbocycles. The summed E-state index contributed by atoms with van der Waals surface area (Å²) in [7, 11) is -1.93. The van der Waals surface area contributed by atoms with Crippen molar-refractivity contribution in [2.75, 3.05) is 30.5 Å². The fourth-order valence-corrected chi connectivity index (χ4v) is 3.23. The van der Waals surface area contributed by atoms with Crippen LogP contribution in [-0.2, 0) is 14.6 Å². The molecule has 0 atom stereocenters. The Kier molecular flexibility index (Phi) is 5.92. The Morgan fingerprint density at radius 2 is 1.88 bits per heavy atom. The Balaban J connectivity index is 2.12. The lowest BCUT2D eigenvalue weighted by Crippen LogP contribution is -2.23. The molecule has 0 saturated carbocycles. The van der Waals surface area contributed by atoms with E-state index in [2.05, 4.69) is 10.6 Å². The number of hydrogen-bond donors (Lipinski definition) is 2. The summed E-state index contributed by atoms with van der Waals surface area (Å²) in [5.41, 5.74) is 1.71. The summed E-state index contributed by atoms with van der Waals surface area (Å²) < 4.78 is 28.8. The number of sulfone groups is 1.